The van der Waals surface area contributed by atoms with E-state index >= 15 is 0 Å². The molecule has 5 aromatic rings. The van der Waals surface area contributed by atoms with E-state index in [4.69, 9.17) is 9.47 Å². The standard InChI is InChI=1S/C24H8O9S/c25-21-11-4-1-8-9-2-5-13-18-14(24(28)33-23(13)27)7-15(34(29,30)31)19(20(9)18)10-3-6-12(22(26)32-21)17(11)16(8)10/h1-7H,(H,29,30,31). The molecule has 0 aromatic heterocycles. The Kier molecular flexibility index (Phi) is 3.22. The zero-order valence-corrected chi connectivity index (χ0v) is 17.5. The predicted octanol–water partition coefficient (Wildman–Crippen LogP) is 3.61. The SMILES string of the molecule is O=C1OC(=O)c2ccc3c4c(S(=O)(=O)O)cc5c6c(ccc(c7ccc1c2c73)c64)C(=O)OC5=O. The topological polar surface area (TPSA) is 141 Å². The highest BCUT2D eigenvalue weighted by atomic mass is 32.2. The minimum absolute atomic E-state index is 0.0585. The molecule has 0 saturated carbocycles. The Hall–Kier alpha value is -4.41. The summed E-state index contributed by atoms with van der Waals surface area (Å²) in [6.07, 6.45) is 0. The third kappa shape index (κ3) is 2.09. The first-order chi connectivity index (χ1) is 16.2. The number of benzene rings is 5. The first kappa shape index (κ1) is 19.1. The molecule has 0 aliphatic carbocycles. The Morgan fingerprint density at radius 1 is 0.529 bits per heavy atom. The molecule has 0 bridgehead atoms. The molecule has 10 heteroatoms. The second kappa shape index (κ2) is 5.74. The van der Waals surface area contributed by atoms with E-state index in [9.17, 15) is 32.1 Å². The molecular formula is C24H8O9S. The Morgan fingerprint density at radius 2 is 0.971 bits per heavy atom. The van der Waals surface area contributed by atoms with Gasteiger partial charge in [0.1, 0.15) is 4.90 Å². The number of hydrogen-bond acceptors (Lipinski definition) is 8. The number of fused-ring (bicyclic) bond motifs is 2. The van der Waals surface area contributed by atoms with Crippen LogP contribution >= 0.6 is 0 Å². The quantitative estimate of drug-likeness (QED) is 0.127. The van der Waals surface area contributed by atoms with Crippen molar-refractivity contribution in [3.05, 3.63) is 64.7 Å². The summed E-state index contributed by atoms with van der Waals surface area (Å²) >= 11 is 0. The summed E-state index contributed by atoms with van der Waals surface area (Å²) in [6, 6.07) is 10.1. The third-order valence-electron chi connectivity index (χ3n) is 6.50. The van der Waals surface area contributed by atoms with Crippen LogP contribution in [0.1, 0.15) is 41.4 Å². The summed E-state index contributed by atoms with van der Waals surface area (Å²) in [5, 5.41) is 2.59. The maximum atomic E-state index is 12.5. The summed E-state index contributed by atoms with van der Waals surface area (Å²) in [4.78, 5) is 49.2. The van der Waals surface area contributed by atoms with Gasteiger partial charge in [-0.2, -0.15) is 8.42 Å². The van der Waals surface area contributed by atoms with Gasteiger partial charge in [0, 0.05) is 21.5 Å². The summed E-state index contributed by atoms with van der Waals surface area (Å²) < 4.78 is 44.6. The lowest BCUT2D eigenvalue weighted by atomic mass is 9.83. The van der Waals surface area contributed by atoms with Crippen LogP contribution in [0.2, 0.25) is 0 Å². The Labute approximate surface area is 188 Å². The third-order valence-corrected chi connectivity index (χ3v) is 7.37. The Balaban J connectivity index is 1.89. The molecule has 0 atom stereocenters. The van der Waals surface area contributed by atoms with Crippen molar-refractivity contribution < 1.29 is 41.6 Å². The number of carbonyl (C=O) groups excluding carboxylic acids is 4. The van der Waals surface area contributed by atoms with Crippen LogP contribution in [0, 0.1) is 0 Å². The van der Waals surface area contributed by atoms with E-state index in [0.29, 0.717) is 26.9 Å². The molecule has 164 valence electrons. The highest BCUT2D eigenvalue weighted by Gasteiger charge is 2.35. The maximum absolute atomic E-state index is 12.5. The van der Waals surface area contributed by atoms with Crippen LogP contribution in [0.15, 0.2) is 47.4 Å². The zero-order chi connectivity index (χ0) is 23.7. The van der Waals surface area contributed by atoms with Gasteiger partial charge in [0.05, 0.1) is 22.3 Å². The van der Waals surface area contributed by atoms with Crippen LogP contribution in [-0.4, -0.2) is 36.8 Å². The van der Waals surface area contributed by atoms with Gasteiger partial charge in [-0.1, -0.05) is 18.2 Å². The largest absolute Gasteiger partial charge is 0.386 e. The van der Waals surface area contributed by atoms with Gasteiger partial charge in [-0.25, -0.2) is 19.2 Å². The first-order valence-electron chi connectivity index (χ1n) is 9.91. The molecule has 2 aliphatic rings. The van der Waals surface area contributed by atoms with Crippen molar-refractivity contribution in [2.24, 2.45) is 0 Å². The van der Waals surface area contributed by atoms with Crippen molar-refractivity contribution in [3.8, 4) is 0 Å². The van der Waals surface area contributed by atoms with E-state index in [1.807, 2.05) is 0 Å². The lowest BCUT2D eigenvalue weighted by molar-refractivity contribution is 0.0373. The lowest BCUT2D eigenvalue weighted by Gasteiger charge is -2.23. The van der Waals surface area contributed by atoms with E-state index in [1.165, 1.54) is 24.3 Å². The van der Waals surface area contributed by atoms with Gasteiger partial charge in [0.25, 0.3) is 10.1 Å². The molecule has 7 rings (SSSR count). The first-order valence-corrected chi connectivity index (χ1v) is 11.4. The molecule has 9 nitrogen and oxygen atoms in total. The van der Waals surface area contributed by atoms with Crippen molar-refractivity contribution in [3.63, 3.8) is 0 Å². The highest BCUT2D eigenvalue weighted by molar-refractivity contribution is 7.86. The summed E-state index contributed by atoms with van der Waals surface area (Å²) in [5.74, 6) is -3.57. The minimum atomic E-state index is -4.86. The molecule has 2 heterocycles. The van der Waals surface area contributed by atoms with Crippen LogP contribution in [-0.2, 0) is 19.6 Å². The van der Waals surface area contributed by atoms with Gasteiger partial charge in [-0.05, 0) is 45.8 Å². The van der Waals surface area contributed by atoms with Gasteiger partial charge in [0.2, 0.25) is 0 Å². The maximum Gasteiger partial charge on any atom is 0.346 e. The van der Waals surface area contributed by atoms with E-state index in [-0.39, 0.29) is 38.4 Å². The second-order valence-electron chi connectivity index (χ2n) is 8.11. The summed E-state index contributed by atoms with van der Waals surface area (Å²) in [7, 11) is -4.86. The van der Waals surface area contributed by atoms with Crippen molar-refractivity contribution in [2.45, 2.75) is 4.90 Å². The highest BCUT2D eigenvalue weighted by Crippen LogP contribution is 2.47. The zero-order valence-electron chi connectivity index (χ0n) is 16.7. The van der Waals surface area contributed by atoms with Crippen LogP contribution in [0.4, 0.5) is 0 Å². The van der Waals surface area contributed by atoms with Crippen LogP contribution in [0.5, 0.6) is 0 Å². The smallest absolute Gasteiger partial charge is 0.346 e. The molecule has 0 spiro atoms. The minimum Gasteiger partial charge on any atom is -0.386 e. The summed E-state index contributed by atoms with van der Waals surface area (Å²) in [6.45, 7) is 0. The van der Waals surface area contributed by atoms with Gasteiger partial charge in [-0.15, -0.1) is 0 Å². The number of rotatable bonds is 1. The number of esters is 4. The monoisotopic (exact) mass is 472 g/mol. The average molecular weight is 472 g/mol. The Morgan fingerprint density at radius 3 is 1.50 bits per heavy atom. The van der Waals surface area contributed by atoms with Gasteiger partial charge in [-0.3, -0.25) is 4.55 Å². The van der Waals surface area contributed by atoms with Crippen molar-refractivity contribution >= 4 is 77.1 Å². The van der Waals surface area contributed by atoms with E-state index in [2.05, 4.69) is 0 Å². The second-order valence-corrected chi connectivity index (χ2v) is 9.50. The molecule has 0 amide bonds. The number of ether oxygens (including phenoxy) is 2. The van der Waals surface area contributed by atoms with Crippen molar-refractivity contribution in [1.82, 2.24) is 0 Å². The van der Waals surface area contributed by atoms with Crippen molar-refractivity contribution in [2.75, 3.05) is 0 Å². The fourth-order valence-corrected chi connectivity index (χ4v) is 5.96. The van der Waals surface area contributed by atoms with E-state index in [0.717, 1.165) is 6.07 Å². The van der Waals surface area contributed by atoms with Crippen molar-refractivity contribution in [1.29, 1.82) is 0 Å². The molecule has 5 aromatic carbocycles. The molecule has 0 saturated heterocycles. The van der Waals surface area contributed by atoms with E-state index in [1.54, 1.807) is 12.1 Å². The van der Waals surface area contributed by atoms with Gasteiger partial charge < -0.3 is 9.47 Å². The van der Waals surface area contributed by atoms with Gasteiger partial charge in [0.15, 0.2) is 0 Å². The lowest BCUT2D eigenvalue weighted by Crippen LogP contribution is -2.21. The fourth-order valence-electron chi connectivity index (χ4n) is 5.22. The normalized spacial score (nSPS) is 15.6. The fraction of sp³-hybridized carbons (Fsp3) is 0. The molecule has 0 radical (unpaired) electrons. The molecule has 0 fully saturated rings. The number of carbonyl (C=O) groups is 4. The Bertz CT molecular complexity index is 1980. The molecule has 34 heavy (non-hydrogen) atoms. The summed E-state index contributed by atoms with van der Waals surface area (Å²) in [5.41, 5.74) is 0.174. The van der Waals surface area contributed by atoms with Crippen LogP contribution < -0.4 is 0 Å². The van der Waals surface area contributed by atoms with Gasteiger partial charge >= 0.3 is 23.9 Å². The molecular weight excluding hydrogens is 464 g/mol. The van der Waals surface area contributed by atoms with E-state index < -0.39 is 38.9 Å². The molecule has 1 N–H and O–H groups in total. The predicted molar refractivity (Wildman–Crippen MR) is 117 cm³/mol. The van der Waals surface area contributed by atoms with Crippen LogP contribution in [0.25, 0.3) is 43.1 Å². The van der Waals surface area contributed by atoms with Crippen LogP contribution in [0.3, 0.4) is 0 Å². The molecule has 2 aliphatic heterocycles. The molecule has 0 unspecified atom stereocenters. The average Bonchev–Trinajstić information content (AvgIpc) is 2.79. The number of hydrogen-bond donors (Lipinski definition) is 1. The number of cyclic esters (lactones) is 4.